The van der Waals surface area contributed by atoms with Gasteiger partial charge in [-0.05, 0) is 79.1 Å². The van der Waals surface area contributed by atoms with Crippen molar-refractivity contribution in [2.24, 2.45) is 0 Å². The molecule has 1 fully saturated rings. The van der Waals surface area contributed by atoms with Gasteiger partial charge in [-0.3, -0.25) is 9.69 Å². The molecule has 1 saturated carbocycles. The van der Waals surface area contributed by atoms with Crippen LogP contribution in [0.25, 0.3) is 0 Å². The van der Waals surface area contributed by atoms with E-state index < -0.39 is 5.97 Å². The lowest BCUT2D eigenvalue weighted by Gasteiger charge is -2.41. The fourth-order valence-corrected chi connectivity index (χ4v) is 4.83. The van der Waals surface area contributed by atoms with E-state index >= 15 is 0 Å². The quantitative estimate of drug-likeness (QED) is 0.533. The van der Waals surface area contributed by atoms with Crippen molar-refractivity contribution in [1.82, 2.24) is 4.90 Å². The van der Waals surface area contributed by atoms with E-state index in [1.54, 1.807) is 6.07 Å². The maximum Gasteiger partial charge on any atom is 0.336 e. The number of aromatic carboxylic acids is 1. The van der Waals surface area contributed by atoms with Gasteiger partial charge in [0.25, 0.3) is 0 Å². The Labute approximate surface area is 195 Å². The largest absolute Gasteiger partial charge is 0.478 e. The van der Waals surface area contributed by atoms with Crippen molar-refractivity contribution in [2.45, 2.75) is 63.5 Å². The summed E-state index contributed by atoms with van der Waals surface area (Å²) in [6, 6.07) is 12.0. The highest BCUT2D eigenvalue weighted by molar-refractivity contribution is 5.91. The zero-order valence-corrected chi connectivity index (χ0v) is 19.8. The van der Waals surface area contributed by atoms with Crippen LogP contribution in [0.1, 0.15) is 83.7 Å². The van der Waals surface area contributed by atoms with Crippen molar-refractivity contribution >= 4 is 11.9 Å². The molecule has 0 saturated heterocycles. The van der Waals surface area contributed by atoms with Crippen molar-refractivity contribution in [3.8, 4) is 11.8 Å². The van der Waals surface area contributed by atoms with Crippen LogP contribution in [-0.2, 0) is 21.4 Å². The van der Waals surface area contributed by atoms with E-state index in [1.807, 2.05) is 24.3 Å². The van der Waals surface area contributed by atoms with Crippen LogP contribution in [0.4, 0.5) is 0 Å². The van der Waals surface area contributed by atoms with Crippen LogP contribution in [0.3, 0.4) is 0 Å². The van der Waals surface area contributed by atoms with Crippen LogP contribution in [-0.4, -0.2) is 42.1 Å². The lowest BCUT2D eigenvalue weighted by atomic mass is 9.69. The number of carbonyl (C=O) groups is 2. The van der Waals surface area contributed by atoms with Crippen molar-refractivity contribution in [1.29, 1.82) is 0 Å². The zero-order valence-electron chi connectivity index (χ0n) is 19.8. The second kappa shape index (κ2) is 9.03. The Morgan fingerprint density at radius 1 is 1.09 bits per heavy atom. The Kier molecular flexibility index (Phi) is 6.32. The number of hydrogen-bond donors (Lipinski definition) is 1. The third kappa shape index (κ3) is 4.96. The van der Waals surface area contributed by atoms with E-state index in [9.17, 15) is 14.7 Å². The fourth-order valence-electron chi connectivity index (χ4n) is 4.83. The number of rotatable bonds is 5. The van der Waals surface area contributed by atoms with Gasteiger partial charge in [0.2, 0.25) is 0 Å². The number of hydrogen-bond acceptors (Lipinski definition) is 4. The normalized spacial score (nSPS) is 18.8. The summed E-state index contributed by atoms with van der Waals surface area (Å²) in [6.45, 7) is 4.39. The molecule has 5 nitrogen and oxygen atoms in total. The molecule has 0 aromatic heterocycles. The molecule has 0 aliphatic heterocycles. The molecule has 2 aromatic carbocycles. The van der Waals surface area contributed by atoms with Gasteiger partial charge in [0.1, 0.15) is 0 Å². The molecule has 0 radical (unpaired) electrons. The molecule has 1 unspecified atom stereocenters. The highest BCUT2D eigenvalue weighted by Gasteiger charge is 2.41. The Morgan fingerprint density at radius 3 is 2.36 bits per heavy atom. The summed E-state index contributed by atoms with van der Waals surface area (Å²) in [5, 5.41) is 10.1. The summed E-state index contributed by atoms with van der Waals surface area (Å²) in [6.07, 6.45) is 4.59. The average Bonchev–Trinajstić information content (AvgIpc) is 3.63. The number of fused-ring (bicyclic) bond motifs is 1. The summed E-state index contributed by atoms with van der Waals surface area (Å²) in [5.74, 6) is 5.15. The van der Waals surface area contributed by atoms with Gasteiger partial charge in [-0.15, -0.1) is 0 Å². The second-order valence-corrected chi connectivity index (χ2v) is 9.83. The van der Waals surface area contributed by atoms with Crippen LogP contribution in [0.15, 0.2) is 36.4 Å². The van der Waals surface area contributed by atoms with Gasteiger partial charge >= 0.3 is 11.9 Å². The van der Waals surface area contributed by atoms with Crippen LogP contribution < -0.4 is 0 Å². The van der Waals surface area contributed by atoms with E-state index in [0.717, 1.165) is 35.1 Å². The Morgan fingerprint density at radius 2 is 1.76 bits per heavy atom. The summed E-state index contributed by atoms with van der Waals surface area (Å²) in [7, 11) is 3.51. The van der Waals surface area contributed by atoms with Gasteiger partial charge in [-0.25, -0.2) is 4.79 Å². The molecule has 5 heteroatoms. The maximum atomic E-state index is 12.3. The lowest BCUT2D eigenvalue weighted by molar-refractivity contribution is -0.139. The molecule has 2 aliphatic rings. The first-order chi connectivity index (χ1) is 15.7. The molecule has 1 atom stereocenters. The van der Waals surface area contributed by atoms with Crippen molar-refractivity contribution < 1.29 is 19.4 Å². The zero-order chi connectivity index (χ0) is 23.8. The smallest absolute Gasteiger partial charge is 0.336 e. The number of nitrogens with zero attached hydrogens (tertiary/aromatic N) is 1. The number of carbonyl (C=O) groups excluding carboxylic acids is 1. The number of benzene rings is 2. The van der Waals surface area contributed by atoms with Gasteiger partial charge < -0.3 is 9.84 Å². The minimum absolute atomic E-state index is 0.104. The number of carboxylic acid groups (broad SMARTS) is 1. The molecular weight excluding hydrogens is 414 g/mol. The van der Waals surface area contributed by atoms with E-state index in [1.165, 1.54) is 20.0 Å². The Hall–Kier alpha value is -3.10. The number of carboxylic acids is 1. The molecule has 4 rings (SSSR count). The standard InChI is InChI=1S/C28H31NO4/c1-28(2)14-13-24(29(3)21-11-12-21)26-22(27(31)32)15-20(16-23(26)28)10-7-18-5-8-19(9-6-18)17-25(30)33-4/h5-6,8-9,15-16,21,24H,11-14,17H2,1-4H3,(H,31,32). The van der Waals surface area contributed by atoms with Crippen molar-refractivity contribution in [3.63, 3.8) is 0 Å². The summed E-state index contributed by atoms with van der Waals surface area (Å²) in [4.78, 5) is 26.1. The molecule has 1 N–H and O–H groups in total. The molecule has 2 aromatic rings. The Bertz CT molecular complexity index is 1130. The average molecular weight is 446 g/mol. The number of methoxy groups -OCH3 is 1. The first-order valence-electron chi connectivity index (χ1n) is 11.5. The van der Waals surface area contributed by atoms with Gasteiger partial charge in [-0.1, -0.05) is 37.8 Å². The Balaban J connectivity index is 1.69. The summed E-state index contributed by atoms with van der Waals surface area (Å²) < 4.78 is 4.70. The first-order valence-corrected chi connectivity index (χ1v) is 11.5. The van der Waals surface area contributed by atoms with E-state index in [4.69, 9.17) is 4.74 Å². The van der Waals surface area contributed by atoms with Gasteiger partial charge in [-0.2, -0.15) is 0 Å². The second-order valence-electron chi connectivity index (χ2n) is 9.83. The van der Waals surface area contributed by atoms with Gasteiger partial charge in [0.15, 0.2) is 0 Å². The lowest BCUT2D eigenvalue weighted by Crippen LogP contribution is -2.36. The topological polar surface area (TPSA) is 66.8 Å². The van der Waals surface area contributed by atoms with Crippen LogP contribution in [0.5, 0.6) is 0 Å². The molecule has 0 amide bonds. The van der Waals surface area contributed by atoms with Gasteiger partial charge in [0.05, 0.1) is 19.1 Å². The first kappa shape index (κ1) is 23.1. The maximum absolute atomic E-state index is 12.3. The third-order valence-electron chi connectivity index (χ3n) is 7.01. The summed E-state index contributed by atoms with van der Waals surface area (Å²) >= 11 is 0. The van der Waals surface area contributed by atoms with Crippen molar-refractivity contribution in [2.75, 3.05) is 14.2 Å². The molecular formula is C28H31NO4. The SMILES string of the molecule is COC(=O)Cc1ccc(C#Cc2cc(C(=O)O)c3c(c2)C(C)(C)CCC3N(C)C2CC2)cc1. The molecule has 0 heterocycles. The van der Waals surface area contributed by atoms with E-state index in [2.05, 4.69) is 43.7 Å². The fraction of sp³-hybridized carbons (Fsp3) is 0.429. The third-order valence-corrected chi connectivity index (χ3v) is 7.01. The van der Waals surface area contributed by atoms with E-state index in [-0.39, 0.29) is 23.8 Å². The highest BCUT2D eigenvalue weighted by atomic mass is 16.5. The van der Waals surface area contributed by atoms with Gasteiger partial charge in [0, 0.05) is 23.2 Å². The molecule has 172 valence electrons. The van der Waals surface area contributed by atoms with Crippen LogP contribution >= 0.6 is 0 Å². The van der Waals surface area contributed by atoms with Crippen LogP contribution in [0.2, 0.25) is 0 Å². The van der Waals surface area contributed by atoms with Crippen molar-refractivity contribution in [3.05, 3.63) is 69.8 Å². The molecule has 0 bridgehead atoms. The molecule has 2 aliphatic carbocycles. The molecule has 33 heavy (non-hydrogen) atoms. The summed E-state index contributed by atoms with van der Waals surface area (Å²) in [5.41, 5.74) is 4.72. The minimum Gasteiger partial charge on any atom is -0.478 e. The number of esters is 1. The predicted molar refractivity (Wildman–Crippen MR) is 127 cm³/mol. The minimum atomic E-state index is -0.894. The predicted octanol–water partition coefficient (Wildman–Crippen LogP) is 4.71. The number of ether oxygens (including phenoxy) is 1. The molecule has 0 spiro atoms. The highest BCUT2D eigenvalue weighted by Crippen LogP contribution is 2.47. The monoisotopic (exact) mass is 445 g/mol. The van der Waals surface area contributed by atoms with Crippen LogP contribution in [0, 0.1) is 11.8 Å². The van der Waals surface area contributed by atoms with E-state index in [0.29, 0.717) is 17.2 Å².